The summed E-state index contributed by atoms with van der Waals surface area (Å²) in [6, 6.07) is 0. The minimum absolute atomic E-state index is 0.246. The molecule has 13 heavy (non-hydrogen) atoms. The highest BCUT2D eigenvalue weighted by Crippen LogP contribution is 2.05. The fraction of sp³-hybridized carbons (Fsp3) is 0.667. The van der Waals surface area contributed by atoms with Crippen LogP contribution >= 0.6 is 0 Å². The van der Waals surface area contributed by atoms with Gasteiger partial charge in [0.2, 0.25) is 5.76 Å². The van der Waals surface area contributed by atoms with Gasteiger partial charge in [-0.05, 0) is 12.5 Å². The number of aliphatic hydroxyl groups excluding tert-OH is 1. The highest BCUT2D eigenvalue weighted by atomic mass is 17.1. The second-order valence-electron chi connectivity index (χ2n) is 2.84. The Morgan fingerprint density at radius 1 is 1.54 bits per heavy atom. The number of aldehydes is 1. The van der Waals surface area contributed by atoms with Crippen LogP contribution in [-0.2, 0) is 9.68 Å². The van der Waals surface area contributed by atoms with Gasteiger partial charge in [-0.3, -0.25) is 4.79 Å². The molecule has 4 heteroatoms. The maximum absolute atomic E-state index is 10.1. The van der Waals surface area contributed by atoms with E-state index in [1.807, 2.05) is 0 Å². The summed E-state index contributed by atoms with van der Waals surface area (Å²) in [6.45, 7) is 2.07. The van der Waals surface area contributed by atoms with E-state index in [1.165, 1.54) is 6.08 Å². The summed E-state index contributed by atoms with van der Waals surface area (Å²) in [5.41, 5.74) is 0. The first-order chi connectivity index (χ1) is 6.24. The molecule has 0 saturated heterocycles. The zero-order valence-corrected chi connectivity index (χ0v) is 7.77. The van der Waals surface area contributed by atoms with Crippen molar-refractivity contribution in [3.8, 4) is 0 Å². The largest absolute Gasteiger partial charge is 0.389 e. The van der Waals surface area contributed by atoms with Gasteiger partial charge in [-0.25, -0.2) is 5.26 Å². The van der Waals surface area contributed by atoms with Crippen LogP contribution in [-0.4, -0.2) is 22.8 Å². The monoisotopic (exact) mass is 188 g/mol. The summed E-state index contributed by atoms with van der Waals surface area (Å²) >= 11 is 0. The summed E-state index contributed by atoms with van der Waals surface area (Å²) in [7, 11) is 0. The molecule has 0 spiro atoms. The van der Waals surface area contributed by atoms with E-state index < -0.39 is 6.10 Å². The van der Waals surface area contributed by atoms with Crippen molar-refractivity contribution in [3.05, 3.63) is 11.8 Å². The van der Waals surface area contributed by atoms with Crippen LogP contribution < -0.4 is 0 Å². The number of hydrogen-bond donors (Lipinski definition) is 2. The van der Waals surface area contributed by atoms with Gasteiger partial charge in [0.25, 0.3) is 0 Å². The van der Waals surface area contributed by atoms with E-state index in [0.29, 0.717) is 12.7 Å². The minimum Gasteiger partial charge on any atom is -0.389 e. The van der Waals surface area contributed by atoms with Crippen molar-refractivity contribution in [1.82, 2.24) is 0 Å². The summed E-state index contributed by atoms with van der Waals surface area (Å²) in [5, 5.41) is 17.4. The van der Waals surface area contributed by atoms with Gasteiger partial charge in [0, 0.05) is 0 Å². The van der Waals surface area contributed by atoms with E-state index in [-0.39, 0.29) is 5.76 Å². The second-order valence-corrected chi connectivity index (χ2v) is 2.84. The van der Waals surface area contributed by atoms with Crippen LogP contribution in [0.2, 0.25) is 0 Å². The number of unbranched alkanes of at least 4 members (excludes halogenated alkanes) is 2. The molecule has 0 rings (SSSR count). The van der Waals surface area contributed by atoms with Crippen molar-refractivity contribution in [2.45, 2.75) is 38.7 Å². The Hall–Kier alpha value is -0.870. The number of aliphatic hydroxyl groups is 1. The first-order valence-corrected chi connectivity index (χ1v) is 4.41. The van der Waals surface area contributed by atoms with E-state index in [1.54, 1.807) is 0 Å². The third-order valence-corrected chi connectivity index (χ3v) is 1.68. The lowest BCUT2D eigenvalue weighted by Crippen LogP contribution is -2.04. The molecule has 0 radical (unpaired) electrons. The van der Waals surface area contributed by atoms with Crippen LogP contribution in [0.25, 0.3) is 0 Å². The number of carbonyl (C=O) groups excluding carboxylic acids is 1. The molecule has 0 amide bonds. The molecular formula is C9H16O4. The van der Waals surface area contributed by atoms with Crippen molar-refractivity contribution in [2.24, 2.45) is 0 Å². The van der Waals surface area contributed by atoms with Gasteiger partial charge in [0.05, 0.1) is 6.10 Å². The number of carbonyl (C=O) groups is 1. The van der Waals surface area contributed by atoms with E-state index in [2.05, 4.69) is 11.8 Å². The highest BCUT2D eigenvalue weighted by molar-refractivity contribution is 5.69. The lowest BCUT2D eigenvalue weighted by Gasteiger charge is -2.04. The van der Waals surface area contributed by atoms with Crippen LogP contribution in [0.5, 0.6) is 0 Å². The van der Waals surface area contributed by atoms with Gasteiger partial charge in [-0.1, -0.05) is 26.2 Å². The average Bonchev–Trinajstić information content (AvgIpc) is 2.14. The molecule has 1 unspecified atom stereocenters. The van der Waals surface area contributed by atoms with Gasteiger partial charge in [-0.2, -0.15) is 0 Å². The molecule has 0 bridgehead atoms. The summed E-state index contributed by atoms with van der Waals surface area (Å²) in [5.74, 6) is -0.246. The number of rotatable bonds is 7. The quantitative estimate of drug-likeness (QED) is 0.159. The molecule has 0 heterocycles. The predicted octanol–water partition coefficient (Wildman–Crippen LogP) is 1.50. The molecule has 0 aliphatic heterocycles. The van der Waals surface area contributed by atoms with Crippen LogP contribution in [0.4, 0.5) is 0 Å². The molecule has 0 aromatic carbocycles. The molecule has 0 aromatic heterocycles. The number of allylic oxidation sites excluding steroid dienone is 1. The maximum Gasteiger partial charge on any atom is 0.203 e. The first kappa shape index (κ1) is 12.1. The van der Waals surface area contributed by atoms with Crippen molar-refractivity contribution < 1.29 is 20.0 Å². The van der Waals surface area contributed by atoms with Crippen molar-refractivity contribution >= 4 is 6.29 Å². The lowest BCUT2D eigenvalue weighted by atomic mass is 10.1. The van der Waals surface area contributed by atoms with Crippen LogP contribution in [0.1, 0.15) is 32.6 Å². The van der Waals surface area contributed by atoms with Crippen molar-refractivity contribution in [3.63, 3.8) is 0 Å². The topological polar surface area (TPSA) is 66.8 Å². The third-order valence-electron chi connectivity index (χ3n) is 1.68. The summed E-state index contributed by atoms with van der Waals surface area (Å²) in [6.07, 6.45) is 4.42. The molecule has 1 atom stereocenters. The molecule has 76 valence electrons. The van der Waals surface area contributed by atoms with Gasteiger partial charge in [0.15, 0.2) is 6.29 Å². The number of hydrogen-bond acceptors (Lipinski definition) is 4. The zero-order valence-electron chi connectivity index (χ0n) is 7.77. The molecule has 4 nitrogen and oxygen atoms in total. The van der Waals surface area contributed by atoms with E-state index in [9.17, 15) is 9.90 Å². The van der Waals surface area contributed by atoms with Crippen LogP contribution in [0.3, 0.4) is 0 Å². The van der Waals surface area contributed by atoms with Crippen molar-refractivity contribution in [2.75, 3.05) is 0 Å². The van der Waals surface area contributed by atoms with Crippen LogP contribution in [0, 0.1) is 0 Å². The average molecular weight is 188 g/mol. The molecule has 0 saturated carbocycles. The minimum atomic E-state index is -0.723. The third kappa shape index (κ3) is 6.31. The van der Waals surface area contributed by atoms with Gasteiger partial charge >= 0.3 is 0 Å². The van der Waals surface area contributed by atoms with Gasteiger partial charge in [-0.15, -0.1) is 0 Å². The molecule has 0 fully saturated rings. The van der Waals surface area contributed by atoms with E-state index in [0.717, 1.165) is 19.3 Å². The normalized spacial score (nSPS) is 13.9. The Bertz CT molecular complexity index is 165. The Labute approximate surface area is 77.8 Å². The zero-order chi connectivity index (χ0) is 10.1. The standard InChI is InChI=1S/C9H16O4/c1-2-3-4-5-8(11)6-9(7-10)13-12/h6-8,11-12H,2-5H2,1H3. The predicted molar refractivity (Wildman–Crippen MR) is 48.0 cm³/mol. The first-order valence-electron chi connectivity index (χ1n) is 4.41. The SMILES string of the molecule is CCCCCC(O)C=C(C=O)OO. The van der Waals surface area contributed by atoms with Crippen LogP contribution in [0.15, 0.2) is 11.8 Å². The fourth-order valence-electron chi connectivity index (χ4n) is 0.968. The molecular weight excluding hydrogens is 172 g/mol. The molecule has 0 aromatic rings. The van der Waals surface area contributed by atoms with E-state index >= 15 is 0 Å². The Morgan fingerprint density at radius 3 is 2.69 bits per heavy atom. The summed E-state index contributed by atoms with van der Waals surface area (Å²) in [4.78, 5) is 13.8. The van der Waals surface area contributed by atoms with E-state index in [4.69, 9.17) is 5.26 Å². The smallest absolute Gasteiger partial charge is 0.203 e. The van der Waals surface area contributed by atoms with Gasteiger partial charge in [0.1, 0.15) is 0 Å². The second kappa shape index (κ2) is 7.76. The Kier molecular flexibility index (Phi) is 7.24. The molecule has 2 N–H and O–H groups in total. The summed E-state index contributed by atoms with van der Waals surface area (Å²) < 4.78 is 0. The Balaban J connectivity index is 3.75. The van der Waals surface area contributed by atoms with Crippen molar-refractivity contribution in [1.29, 1.82) is 0 Å². The molecule has 0 aliphatic rings. The van der Waals surface area contributed by atoms with Gasteiger partial charge < -0.3 is 9.99 Å². The molecule has 0 aliphatic carbocycles. The lowest BCUT2D eigenvalue weighted by molar-refractivity contribution is -0.202. The Morgan fingerprint density at radius 2 is 2.23 bits per heavy atom. The maximum atomic E-state index is 10.1. The fourth-order valence-corrected chi connectivity index (χ4v) is 0.968. The highest BCUT2D eigenvalue weighted by Gasteiger charge is 2.03.